The van der Waals surface area contributed by atoms with Crippen LogP contribution in [0.2, 0.25) is 0 Å². The topological polar surface area (TPSA) is 54.5 Å². The summed E-state index contributed by atoms with van der Waals surface area (Å²) in [4.78, 5) is 19.3. The summed E-state index contributed by atoms with van der Waals surface area (Å²) in [6.45, 7) is 8.27. The fraction of sp³-hybridized carbons (Fsp3) is 0.647. The molecule has 1 N–H and O–H groups in total. The Labute approximate surface area is 131 Å². The Morgan fingerprint density at radius 3 is 3.14 bits per heavy atom. The third-order valence-corrected chi connectivity index (χ3v) is 5.22. The smallest absolute Gasteiger partial charge is 0.270 e. The van der Waals surface area contributed by atoms with E-state index in [-0.39, 0.29) is 17.4 Å². The van der Waals surface area contributed by atoms with Crippen molar-refractivity contribution in [2.45, 2.75) is 38.1 Å². The van der Waals surface area contributed by atoms with Crippen LogP contribution in [0.1, 0.15) is 42.7 Å². The zero-order valence-corrected chi connectivity index (χ0v) is 13.3. The minimum atomic E-state index is -0.0574. The molecule has 1 unspecified atom stereocenters. The van der Waals surface area contributed by atoms with E-state index in [0.29, 0.717) is 12.3 Å². The van der Waals surface area contributed by atoms with Crippen molar-refractivity contribution < 1.29 is 9.53 Å². The normalized spacial score (nSPS) is 31.5. The fourth-order valence-electron chi connectivity index (χ4n) is 3.97. The van der Waals surface area contributed by atoms with E-state index in [2.05, 4.69) is 29.0 Å². The van der Waals surface area contributed by atoms with Crippen LogP contribution in [-0.4, -0.2) is 48.1 Å². The first-order chi connectivity index (χ1) is 10.5. The molecule has 5 nitrogen and oxygen atoms in total. The molecule has 1 amide bonds. The molecule has 0 aliphatic carbocycles. The van der Waals surface area contributed by atoms with Gasteiger partial charge >= 0.3 is 0 Å². The molecule has 4 heterocycles. The van der Waals surface area contributed by atoms with Gasteiger partial charge in [0, 0.05) is 30.1 Å². The van der Waals surface area contributed by atoms with Gasteiger partial charge in [-0.2, -0.15) is 0 Å². The van der Waals surface area contributed by atoms with Crippen LogP contribution >= 0.6 is 0 Å². The summed E-state index contributed by atoms with van der Waals surface area (Å²) in [5.74, 6) is 1.50. The largest absolute Gasteiger partial charge is 0.491 e. The van der Waals surface area contributed by atoms with Crippen LogP contribution in [0.25, 0.3) is 0 Å². The molecule has 0 saturated carbocycles. The number of piperidine rings is 1. The summed E-state index contributed by atoms with van der Waals surface area (Å²) in [6, 6.07) is 2.16. The Kier molecular flexibility index (Phi) is 3.15. The summed E-state index contributed by atoms with van der Waals surface area (Å²) in [7, 11) is 0. The number of aromatic nitrogens is 1. The second-order valence-electron chi connectivity index (χ2n) is 7.56. The van der Waals surface area contributed by atoms with Gasteiger partial charge in [-0.05, 0) is 31.4 Å². The maximum absolute atomic E-state index is 12.5. The van der Waals surface area contributed by atoms with E-state index in [0.717, 1.165) is 30.2 Å². The first kappa shape index (κ1) is 14.0. The monoisotopic (exact) mass is 301 g/mol. The number of rotatable bonds is 2. The number of amides is 1. The molecule has 3 atom stereocenters. The van der Waals surface area contributed by atoms with E-state index in [1.807, 2.05) is 6.07 Å². The third kappa shape index (κ3) is 2.37. The number of nitrogens with zero attached hydrogens (tertiary/aromatic N) is 2. The fourth-order valence-corrected chi connectivity index (χ4v) is 3.97. The molecule has 4 rings (SSSR count). The van der Waals surface area contributed by atoms with Crippen LogP contribution in [0.3, 0.4) is 0 Å². The third-order valence-electron chi connectivity index (χ3n) is 5.22. The van der Waals surface area contributed by atoms with Gasteiger partial charge in [0.05, 0.1) is 12.8 Å². The van der Waals surface area contributed by atoms with Crippen molar-refractivity contribution in [1.82, 2.24) is 15.2 Å². The lowest BCUT2D eigenvalue weighted by molar-refractivity contribution is 0.0904. The first-order valence-electron chi connectivity index (χ1n) is 8.18. The van der Waals surface area contributed by atoms with Gasteiger partial charge in [0.1, 0.15) is 11.4 Å². The van der Waals surface area contributed by atoms with Gasteiger partial charge in [-0.25, -0.2) is 4.98 Å². The molecule has 3 aliphatic heterocycles. The number of nitrogens with one attached hydrogen (secondary N) is 1. The lowest BCUT2D eigenvalue weighted by Gasteiger charge is -2.30. The summed E-state index contributed by atoms with van der Waals surface area (Å²) < 4.78 is 5.63. The summed E-state index contributed by atoms with van der Waals surface area (Å²) in [5, 5.41) is 3.17. The Morgan fingerprint density at radius 2 is 2.32 bits per heavy atom. The lowest BCUT2D eigenvalue weighted by Crippen LogP contribution is -2.47. The molecule has 0 spiro atoms. The molecule has 0 aromatic carbocycles. The van der Waals surface area contributed by atoms with E-state index in [9.17, 15) is 4.79 Å². The van der Waals surface area contributed by atoms with Gasteiger partial charge in [0.2, 0.25) is 0 Å². The molecule has 2 bridgehead atoms. The average molecular weight is 301 g/mol. The minimum absolute atomic E-state index is 0.0526. The average Bonchev–Trinajstić information content (AvgIpc) is 2.98. The highest BCUT2D eigenvalue weighted by Gasteiger charge is 2.35. The molecular weight excluding hydrogens is 278 g/mol. The summed E-state index contributed by atoms with van der Waals surface area (Å²) in [5.41, 5.74) is 1.54. The van der Waals surface area contributed by atoms with Crippen molar-refractivity contribution in [1.29, 1.82) is 0 Å². The molecule has 118 valence electrons. The maximum atomic E-state index is 12.5. The molecule has 0 radical (unpaired) electrons. The van der Waals surface area contributed by atoms with E-state index in [1.165, 1.54) is 19.5 Å². The molecule has 2 saturated heterocycles. The second kappa shape index (κ2) is 4.95. The highest BCUT2D eigenvalue weighted by atomic mass is 16.5. The van der Waals surface area contributed by atoms with Gasteiger partial charge in [0.25, 0.3) is 5.91 Å². The Balaban J connectivity index is 1.49. The van der Waals surface area contributed by atoms with Crippen molar-refractivity contribution in [3.63, 3.8) is 0 Å². The number of ether oxygens (including phenoxy) is 1. The molecule has 2 fully saturated rings. The van der Waals surface area contributed by atoms with Crippen molar-refractivity contribution in [3.05, 3.63) is 23.5 Å². The highest BCUT2D eigenvalue weighted by Crippen LogP contribution is 2.38. The van der Waals surface area contributed by atoms with Crippen LogP contribution < -0.4 is 10.1 Å². The van der Waals surface area contributed by atoms with Crippen LogP contribution in [0, 0.1) is 5.92 Å². The van der Waals surface area contributed by atoms with E-state index < -0.39 is 0 Å². The predicted molar refractivity (Wildman–Crippen MR) is 83.2 cm³/mol. The van der Waals surface area contributed by atoms with Crippen molar-refractivity contribution in [3.8, 4) is 5.75 Å². The number of pyridine rings is 1. The molecule has 22 heavy (non-hydrogen) atoms. The molecule has 1 aromatic rings. The van der Waals surface area contributed by atoms with Crippen molar-refractivity contribution in [2.24, 2.45) is 5.92 Å². The Bertz CT molecular complexity index is 602. The van der Waals surface area contributed by atoms with Gasteiger partial charge < -0.3 is 15.0 Å². The number of hydrogen-bond acceptors (Lipinski definition) is 4. The Hall–Kier alpha value is -1.62. The van der Waals surface area contributed by atoms with Crippen LogP contribution in [0.15, 0.2) is 12.3 Å². The summed E-state index contributed by atoms with van der Waals surface area (Å²) in [6.07, 6.45) is 4.06. The van der Waals surface area contributed by atoms with Crippen LogP contribution in [-0.2, 0) is 5.41 Å². The standard InChI is InChI=1S/C17H23N3O2/c1-17(2)10-22-15-7-18-14(6-13(15)17)16(21)19-12-5-11-3-4-20(8-11)9-12/h6-7,11-12H,3-5,8-10H2,1-2H3,(H,19,21)/t11-,12-/m1/s1. The lowest BCUT2D eigenvalue weighted by atomic mass is 9.87. The first-order valence-corrected chi connectivity index (χ1v) is 8.18. The van der Waals surface area contributed by atoms with E-state index >= 15 is 0 Å². The van der Waals surface area contributed by atoms with Crippen LogP contribution in [0.4, 0.5) is 0 Å². The van der Waals surface area contributed by atoms with E-state index in [4.69, 9.17) is 4.74 Å². The van der Waals surface area contributed by atoms with Gasteiger partial charge in [-0.1, -0.05) is 13.8 Å². The molecule has 1 aromatic heterocycles. The van der Waals surface area contributed by atoms with Gasteiger partial charge in [-0.3, -0.25) is 4.79 Å². The predicted octanol–water partition coefficient (Wildman–Crippen LogP) is 1.58. The van der Waals surface area contributed by atoms with Gasteiger partial charge in [0.15, 0.2) is 0 Å². The zero-order chi connectivity index (χ0) is 15.3. The summed E-state index contributed by atoms with van der Waals surface area (Å²) >= 11 is 0. The Morgan fingerprint density at radius 1 is 1.45 bits per heavy atom. The van der Waals surface area contributed by atoms with Gasteiger partial charge in [-0.15, -0.1) is 0 Å². The molecular formula is C17H23N3O2. The van der Waals surface area contributed by atoms with E-state index in [1.54, 1.807) is 6.20 Å². The second-order valence-corrected chi connectivity index (χ2v) is 7.56. The SMILES string of the molecule is CC1(C)COc2cnc(C(=O)N[C@@H]3C[C@H]4CCN(C4)C3)cc21. The number of carbonyl (C=O) groups is 1. The molecule has 3 aliphatic rings. The zero-order valence-electron chi connectivity index (χ0n) is 13.3. The van der Waals surface area contributed by atoms with Crippen molar-refractivity contribution in [2.75, 3.05) is 26.2 Å². The van der Waals surface area contributed by atoms with Crippen LogP contribution in [0.5, 0.6) is 5.75 Å². The quantitative estimate of drug-likeness (QED) is 0.901. The molecule has 5 heteroatoms. The highest BCUT2D eigenvalue weighted by molar-refractivity contribution is 5.93. The maximum Gasteiger partial charge on any atom is 0.270 e. The minimum Gasteiger partial charge on any atom is -0.491 e. The number of fused-ring (bicyclic) bond motifs is 3. The van der Waals surface area contributed by atoms with Crippen molar-refractivity contribution >= 4 is 5.91 Å². The number of carbonyl (C=O) groups excluding carboxylic acids is 1. The number of hydrogen-bond donors (Lipinski definition) is 1.